The van der Waals surface area contributed by atoms with Gasteiger partial charge in [-0.05, 0) is 54.0 Å². The predicted octanol–water partition coefficient (Wildman–Crippen LogP) is 2.46. The van der Waals surface area contributed by atoms with Crippen molar-refractivity contribution in [2.45, 2.75) is 31.4 Å². The summed E-state index contributed by atoms with van der Waals surface area (Å²) in [5.41, 5.74) is 5.81. The molecule has 1 aromatic rings. The van der Waals surface area contributed by atoms with Gasteiger partial charge < -0.3 is 10.5 Å². The number of hydrogen-bond donors (Lipinski definition) is 1. The molecule has 0 aromatic heterocycles. The van der Waals surface area contributed by atoms with Crippen molar-refractivity contribution in [2.75, 3.05) is 0 Å². The predicted molar refractivity (Wildman–Crippen MR) is 72.1 cm³/mol. The van der Waals surface area contributed by atoms with E-state index >= 15 is 0 Å². The van der Waals surface area contributed by atoms with Crippen LogP contribution in [0.4, 0.5) is 5.69 Å². The van der Waals surface area contributed by atoms with Gasteiger partial charge in [0.25, 0.3) is 0 Å². The number of hydrogen-bond acceptors (Lipinski definition) is 4. The fraction of sp³-hybridized carbons (Fsp3) is 0.455. The van der Waals surface area contributed by atoms with Crippen LogP contribution in [0.3, 0.4) is 0 Å². The maximum absolute atomic E-state index is 10.9. The average Bonchev–Trinajstić information content (AvgIpc) is 2.66. The van der Waals surface area contributed by atoms with Crippen molar-refractivity contribution in [3.8, 4) is 5.75 Å². The summed E-state index contributed by atoms with van der Waals surface area (Å²) in [5.74, 6) is 0.342. The Morgan fingerprint density at radius 3 is 2.82 bits per heavy atom. The third-order valence-corrected chi connectivity index (χ3v) is 3.51. The van der Waals surface area contributed by atoms with Crippen LogP contribution in [-0.4, -0.2) is 17.1 Å². The van der Waals surface area contributed by atoms with Crippen LogP contribution < -0.4 is 10.5 Å². The zero-order valence-electron chi connectivity index (χ0n) is 9.14. The van der Waals surface area contributed by atoms with Crippen molar-refractivity contribution in [3.63, 3.8) is 0 Å². The first-order valence-corrected chi connectivity index (χ1v) is 6.50. The quantitative estimate of drug-likeness (QED) is 0.517. The monoisotopic (exact) mass is 348 g/mol. The molecule has 2 atom stereocenters. The number of benzene rings is 1. The molecular formula is C11H13IN2O3. The molecule has 1 aliphatic rings. The molecule has 2 N–H and O–H groups in total. The van der Waals surface area contributed by atoms with Crippen molar-refractivity contribution < 1.29 is 9.66 Å². The van der Waals surface area contributed by atoms with E-state index in [0.717, 1.165) is 22.8 Å². The third kappa shape index (κ3) is 3.06. The Balaban J connectivity index is 2.17. The van der Waals surface area contributed by atoms with E-state index in [1.165, 1.54) is 6.07 Å². The molecule has 17 heavy (non-hydrogen) atoms. The largest absolute Gasteiger partial charge is 0.483 e. The Hall–Kier alpha value is -0.890. The van der Waals surface area contributed by atoms with Crippen LogP contribution >= 0.6 is 22.6 Å². The first-order chi connectivity index (χ1) is 8.06. The Bertz CT molecular complexity index is 439. The topological polar surface area (TPSA) is 78.4 Å². The van der Waals surface area contributed by atoms with Gasteiger partial charge in [-0.25, -0.2) is 0 Å². The molecule has 2 rings (SSSR count). The number of nitro benzene ring substituents is 1. The van der Waals surface area contributed by atoms with Gasteiger partial charge in [-0.3, -0.25) is 10.1 Å². The van der Waals surface area contributed by atoms with Crippen LogP contribution in [0.15, 0.2) is 18.2 Å². The Morgan fingerprint density at radius 2 is 2.24 bits per heavy atom. The van der Waals surface area contributed by atoms with Gasteiger partial charge in [-0.15, -0.1) is 0 Å². The maximum Gasteiger partial charge on any atom is 0.311 e. The molecule has 1 aromatic carbocycles. The summed E-state index contributed by atoms with van der Waals surface area (Å²) in [4.78, 5) is 10.5. The van der Waals surface area contributed by atoms with E-state index in [1.54, 1.807) is 12.1 Å². The lowest BCUT2D eigenvalue weighted by molar-refractivity contribution is -0.386. The highest BCUT2D eigenvalue weighted by Crippen LogP contribution is 2.32. The third-order valence-electron chi connectivity index (χ3n) is 2.84. The molecule has 0 bridgehead atoms. The number of ether oxygens (including phenoxy) is 1. The molecule has 0 amide bonds. The van der Waals surface area contributed by atoms with E-state index in [-0.39, 0.29) is 17.8 Å². The fourth-order valence-electron chi connectivity index (χ4n) is 1.99. The minimum absolute atomic E-state index is 0.00348. The van der Waals surface area contributed by atoms with Gasteiger partial charge in [0.2, 0.25) is 0 Å². The normalized spacial score (nSPS) is 23.6. The molecule has 1 saturated carbocycles. The summed E-state index contributed by atoms with van der Waals surface area (Å²) in [6.07, 6.45) is 2.56. The van der Waals surface area contributed by atoms with Gasteiger partial charge in [0.05, 0.1) is 4.92 Å². The molecule has 0 saturated heterocycles. The van der Waals surface area contributed by atoms with E-state index in [0.29, 0.717) is 5.75 Å². The summed E-state index contributed by atoms with van der Waals surface area (Å²) >= 11 is 2.04. The summed E-state index contributed by atoms with van der Waals surface area (Å²) < 4.78 is 6.49. The summed E-state index contributed by atoms with van der Waals surface area (Å²) in [5, 5.41) is 10.9. The summed E-state index contributed by atoms with van der Waals surface area (Å²) in [6, 6.07) is 5.13. The molecular weight excluding hydrogens is 335 g/mol. The van der Waals surface area contributed by atoms with Crippen LogP contribution in [0, 0.1) is 13.7 Å². The smallest absolute Gasteiger partial charge is 0.311 e. The summed E-state index contributed by atoms with van der Waals surface area (Å²) in [7, 11) is 0. The lowest BCUT2D eigenvalue weighted by Crippen LogP contribution is -2.19. The Kier molecular flexibility index (Phi) is 3.82. The molecule has 5 nitrogen and oxygen atoms in total. The van der Waals surface area contributed by atoms with Gasteiger partial charge in [-0.1, -0.05) is 0 Å². The molecule has 1 aliphatic carbocycles. The van der Waals surface area contributed by atoms with Crippen molar-refractivity contribution >= 4 is 28.3 Å². The van der Waals surface area contributed by atoms with Crippen molar-refractivity contribution in [2.24, 2.45) is 5.73 Å². The molecule has 1 fully saturated rings. The highest BCUT2D eigenvalue weighted by atomic mass is 127. The second-order valence-electron chi connectivity index (χ2n) is 4.18. The second-order valence-corrected chi connectivity index (χ2v) is 5.43. The van der Waals surface area contributed by atoms with Crippen LogP contribution in [0.25, 0.3) is 0 Å². The van der Waals surface area contributed by atoms with Crippen LogP contribution in [-0.2, 0) is 0 Å². The van der Waals surface area contributed by atoms with Crippen molar-refractivity contribution in [1.29, 1.82) is 0 Å². The molecule has 0 heterocycles. The van der Waals surface area contributed by atoms with E-state index in [9.17, 15) is 10.1 Å². The van der Waals surface area contributed by atoms with Gasteiger partial charge in [0.1, 0.15) is 6.10 Å². The number of nitro groups is 1. The molecule has 2 unspecified atom stereocenters. The fourth-order valence-corrected chi connectivity index (χ4v) is 2.47. The SMILES string of the molecule is NC1CCC(Oc2ccc(I)cc2[N+](=O)[O-])C1. The molecule has 0 radical (unpaired) electrons. The average molecular weight is 348 g/mol. The zero-order valence-corrected chi connectivity index (χ0v) is 11.3. The Morgan fingerprint density at radius 1 is 1.47 bits per heavy atom. The first-order valence-electron chi connectivity index (χ1n) is 5.42. The lowest BCUT2D eigenvalue weighted by Gasteiger charge is -2.13. The minimum atomic E-state index is -0.410. The highest BCUT2D eigenvalue weighted by molar-refractivity contribution is 14.1. The standard InChI is InChI=1S/C11H13IN2O3/c12-7-1-4-11(10(5-7)14(15)16)17-9-3-2-8(13)6-9/h1,4-5,8-9H,2-3,6,13H2. The van der Waals surface area contributed by atoms with Gasteiger partial charge in [0, 0.05) is 15.7 Å². The van der Waals surface area contributed by atoms with Crippen molar-refractivity contribution in [3.05, 3.63) is 31.9 Å². The van der Waals surface area contributed by atoms with E-state index in [4.69, 9.17) is 10.5 Å². The van der Waals surface area contributed by atoms with Gasteiger partial charge in [0.15, 0.2) is 5.75 Å². The van der Waals surface area contributed by atoms with E-state index in [2.05, 4.69) is 0 Å². The molecule has 0 aliphatic heterocycles. The van der Waals surface area contributed by atoms with Crippen LogP contribution in [0.1, 0.15) is 19.3 Å². The molecule has 92 valence electrons. The summed E-state index contributed by atoms with van der Waals surface area (Å²) in [6.45, 7) is 0. The highest BCUT2D eigenvalue weighted by Gasteiger charge is 2.26. The maximum atomic E-state index is 10.9. The lowest BCUT2D eigenvalue weighted by atomic mass is 10.2. The molecule has 6 heteroatoms. The number of halogens is 1. The van der Waals surface area contributed by atoms with Gasteiger partial charge >= 0.3 is 5.69 Å². The number of nitrogens with zero attached hydrogens (tertiary/aromatic N) is 1. The van der Waals surface area contributed by atoms with Crippen LogP contribution in [0.2, 0.25) is 0 Å². The first kappa shape index (κ1) is 12.6. The minimum Gasteiger partial charge on any atom is -0.483 e. The number of rotatable bonds is 3. The second kappa shape index (κ2) is 5.18. The Labute approximate surface area is 113 Å². The van der Waals surface area contributed by atoms with Crippen molar-refractivity contribution in [1.82, 2.24) is 0 Å². The molecule has 0 spiro atoms. The zero-order chi connectivity index (χ0) is 12.4. The van der Waals surface area contributed by atoms with E-state index in [1.807, 2.05) is 22.6 Å². The van der Waals surface area contributed by atoms with Gasteiger partial charge in [-0.2, -0.15) is 0 Å². The van der Waals surface area contributed by atoms with E-state index < -0.39 is 4.92 Å². The number of nitrogens with two attached hydrogens (primary N) is 1. The van der Waals surface area contributed by atoms with Crippen LogP contribution in [0.5, 0.6) is 5.75 Å².